The van der Waals surface area contributed by atoms with Crippen molar-refractivity contribution in [3.63, 3.8) is 0 Å². The monoisotopic (exact) mass is 248 g/mol. The molecule has 1 aliphatic rings. The van der Waals surface area contributed by atoms with Gasteiger partial charge in [0.25, 0.3) is 0 Å². The van der Waals surface area contributed by atoms with Crippen molar-refractivity contribution in [2.45, 2.75) is 31.9 Å². The lowest BCUT2D eigenvalue weighted by atomic mass is 9.95. The molecule has 2 rings (SSSR count). The first-order valence-electron chi connectivity index (χ1n) is 6.75. The molecule has 0 amide bonds. The Hall–Kier alpha value is -0.900. The maximum atomic E-state index is 10.6. The molecule has 1 aromatic carbocycles. The highest BCUT2D eigenvalue weighted by atomic mass is 16.3. The first kappa shape index (κ1) is 13.5. The molecule has 3 nitrogen and oxygen atoms in total. The fraction of sp³-hybridized carbons (Fsp3) is 0.600. The molecule has 18 heavy (non-hydrogen) atoms. The van der Waals surface area contributed by atoms with Gasteiger partial charge in [-0.1, -0.05) is 30.3 Å². The SMILES string of the molecule is CC(N)C1CCN(CC(C)(O)c2ccccc2)C1. The number of rotatable bonds is 4. The lowest BCUT2D eigenvalue weighted by Gasteiger charge is -2.29. The molecule has 1 saturated heterocycles. The van der Waals surface area contributed by atoms with Crippen LogP contribution in [0.25, 0.3) is 0 Å². The van der Waals surface area contributed by atoms with Crippen LogP contribution in [0.15, 0.2) is 30.3 Å². The quantitative estimate of drug-likeness (QED) is 0.850. The third kappa shape index (κ3) is 3.10. The van der Waals surface area contributed by atoms with Gasteiger partial charge in [-0.2, -0.15) is 0 Å². The van der Waals surface area contributed by atoms with Gasteiger partial charge in [0.2, 0.25) is 0 Å². The van der Waals surface area contributed by atoms with Crippen molar-refractivity contribution in [3.8, 4) is 0 Å². The number of aliphatic hydroxyl groups is 1. The van der Waals surface area contributed by atoms with Crippen LogP contribution in [0, 0.1) is 5.92 Å². The summed E-state index contributed by atoms with van der Waals surface area (Å²) < 4.78 is 0. The van der Waals surface area contributed by atoms with E-state index in [1.54, 1.807) is 0 Å². The van der Waals surface area contributed by atoms with E-state index in [1.165, 1.54) is 0 Å². The van der Waals surface area contributed by atoms with E-state index in [1.807, 2.05) is 37.3 Å². The number of nitrogens with two attached hydrogens (primary N) is 1. The molecule has 3 atom stereocenters. The van der Waals surface area contributed by atoms with Crippen molar-refractivity contribution in [1.82, 2.24) is 4.90 Å². The summed E-state index contributed by atoms with van der Waals surface area (Å²) in [6.07, 6.45) is 1.14. The van der Waals surface area contributed by atoms with Gasteiger partial charge in [-0.15, -0.1) is 0 Å². The second kappa shape index (κ2) is 5.39. The van der Waals surface area contributed by atoms with Crippen LogP contribution in [-0.4, -0.2) is 35.7 Å². The standard InChI is InChI=1S/C15H24N2O/c1-12(16)13-8-9-17(10-13)11-15(2,18)14-6-4-3-5-7-14/h3-7,12-13,18H,8-11,16H2,1-2H3. The van der Waals surface area contributed by atoms with Gasteiger partial charge in [0.15, 0.2) is 0 Å². The molecule has 3 unspecified atom stereocenters. The summed E-state index contributed by atoms with van der Waals surface area (Å²) in [4.78, 5) is 2.32. The largest absolute Gasteiger partial charge is 0.384 e. The molecule has 0 spiro atoms. The Morgan fingerprint density at radius 1 is 1.44 bits per heavy atom. The van der Waals surface area contributed by atoms with Crippen molar-refractivity contribution in [2.75, 3.05) is 19.6 Å². The van der Waals surface area contributed by atoms with Crippen molar-refractivity contribution < 1.29 is 5.11 Å². The first-order chi connectivity index (χ1) is 8.49. The Balaban J connectivity index is 1.97. The predicted molar refractivity (Wildman–Crippen MR) is 74.2 cm³/mol. The highest BCUT2D eigenvalue weighted by Gasteiger charge is 2.31. The average molecular weight is 248 g/mol. The van der Waals surface area contributed by atoms with Crippen LogP contribution in [-0.2, 0) is 5.60 Å². The number of likely N-dealkylation sites (tertiary alicyclic amines) is 1. The molecule has 100 valence electrons. The second-order valence-electron chi connectivity index (χ2n) is 5.78. The summed E-state index contributed by atoms with van der Waals surface area (Å²) in [5.74, 6) is 0.566. The Morgan fingerprint density at radius 2 is 2.11 bits per heavy atom. The Labute approximate surface area is 110 Å². The number of β-amino-alcohol motifs (C(OH)–C–C–N with tert-alkyl or cyclic N) is 1. The number of benzene rings is 1. The summed E-state index contributed by atoms with van der Waals surface area (Å²) in [6.45, 7) is 6.68. The molecule has 0 saturated carbocycles. The van der Waals surface area contributed by atoms with Gasteiger partial charge in [0.1, 0.15) is 0 Å². The van der Waals surface area contributed by atoms with E-state index in [0.29, 0.717) is 12.5 Å². The summed E-state index contributed by atoms with van der Waals surface area (Å²) >= 11 is 0. The van der Waals surface area contributed by atoms with Crippen LogP contribution in [0.5, 0.6) is 0 Å². The summed E-state index contributed by atoms with van der Waals surface area (Å²) in [5, 5.41) is 10.6. The van der Waals surface area contributed by atoms with Crippen LogP contribution >= 0.6 is 0 Å². The first-order valence-corrected chi connectivity index (χ1v) is 6.75. The molecule has 0 bridgehead atoms. The third-order valence-corrected chi connectivity index (χ3v) is 3.98. The maximum absolute atomic E-state index is 10.6. The van der Waals surface area contributed by atoms with E-state index < -0.39 is 5.60 Å². The van der Waals surface area contributed by atoms with Crippen LogP contribution < -0.4 is 5.73 Å². The zero-order chi connectivity index (χ0) is 13.2. The average Bonchev–Trinajstić information content (AvgIpc) is 2.78. The summed E-state index contributed by atoms with van der Waals surface area (Å²) in [7, 11) is 0. The van der Waals surface area contributed by atoms with Crippen molar-refractivity contribution in [3.05, 3.63) is 35.9 Å². The topological polar surface area (TPSA) is 49.5 Å². The van der Waals surface area contributed by atoms with Gasteiger partial charge >= 0.3 is 0 Å². The fourth-order valence-electron chi connectivity index (χ4n) is 2.76. The van der Waals surface area contributed by atoms with Crippen molar-refractivity contribution in [1.29, 1.82) is 0 Å². The van der Waals surface area contributed by atoms with E-state index in [2.05, 4.69) is 11.8 Å². The van der Waals surface area contributed by atoms with Gasteiger partial charge in [0.05, 0.1) is 5.60 Å². The van der Waals surface area contributed by atoms with Gasteiger partial charge in [-0.05, 0) is 38.3 Å². The highest BCUT2D eigenvalue weighted by molar-refractivity contribution is 5.21. The number of hydrogen-bond acceptors (Lipinski definition) is 3. The molecule has 3 heteroatoms. The molecular weight excluding hydrogens is 224 g/mol. The van der Waals surface area contributed by atoms with E-state index in [-0.39, 0.29) is 6.04 Å². The van der Waals surface area contributed by atoms with Crippen LogP contribution in [0.4, 0.5) is 0 Å². The minimum absolute atomic E-state index is 0.247. The molecule has 0 aliphatic carbocycles. The molecule has 1 heterocycles. The second-order valence-corrected chi connectivity index (χ2v) is 5.78. The summed E-state index contributed by atoms with van der Waals surface area (Å²) in [5.41, 5.74) is 6.14. The van der Waals surface area contributed by atoms with Crippen molar-refractivity contribution in [2.24, 2.45) is 11.7 Å². The zero-order valence-corrected chi connectivity index (χ0v) is 11.3. The molecule has 1 aromatic rings. The van der Waals surface area contributed by atoms with Crippen molar-refractivity contribution >= 4 is 0 Å². The van der Waals surface area contributed by atoms with Crippen LogP contribution in [0.2, 0.25) is 0 Å². The number of hydrogen-bond donors (Lipinski definition) is 2. The third-order valence-electron chi connectivity index (χ3n) is 3.98. The smallest absolute Gasteiger partial charge is 0.0994 e. The molecule has 0 aromatic heterocycles. The highest BCUT2D eigenvalue weighted by Crippen LogP contribution is 2.26. The van der Waals surface area contributed by atoms with Gasteiger partial charge < -0.3 is 10.8 Å². The van der Waals surface area contributed by atoms with Crippen LogP contribution in [0.1, 0.15) is 25.8 Å². The van der Waals surface area contributed by atoms with E-state index in [4.69, 9.17) is 5.73 Å². The summed E-state index contributed by atoms with van der Waals surface area (Å²) in [6, 6.07) is 10.1. The van der Waals surface area contributed by atoms with E-state index in [9.17, 15) is 5.11 Å². The van der Waals surface area contributed by atoms with Gasteiger partial charge in [0, 0.05) is 19.1 Å². The van der Waals surface area contributed by atoms with Gasteiger partial charge in [-0.25, -0.2) is 0 Å². The van der Waals surface area contributed by atoms with Crippen LogP contribution in [0.3, 0.4) is 0 Å². The minimum atomic E-state index is -0.784. The predicted octanol–water partition coefficient (Wildman–Crippen LogP) is 1.56. The molecular formula is C15H24N2O. The fourth-order valence-corrected chi connectivity index (χ4v) is 2.76. The zero-order valence-electron chi connectivity index (χ0n) is 11.3. The maximum Gasteiger partial charge on any atom is 0.0994 e. The Bertz CT molecular complexity index is 375. The number of nitrogens with zero attached hydrogens (tertiary/aromatic N) is 1. The molecule has 0 radical (unpaired) electrons. The normalized spacial score (nSPS) is 25.9. The molecule has 3 N–H and O–H groups in total. The van der Waals surface area contributed by atoms with Gasteiger partial charge in [-0.3, -0.25) is 4.90 Å². The van der Waals surface area contributed by atoms with E-state index in [0.717, 1.165) is 25.1 Å². The molecule has 1 aliphatic heterocycles. The molecule has 1 fully saturated rings. The lowest BCUT2D eigenvalue weighted by Crippen LogP contribution is -2.38. The lowest BCUT2D eigenvalue weighted by molar-refractivity contribution is 0.0215. The Morgan fingerprint density at radius 3 is 2.67 bits per heavy atom. The Kier molecular flexibility index (Phi) is 4.05. The minimum Gasteiger partial charge on any atom is -0.384 e. The van der Waals surface area contributed by atoms with E-state index >= 15 is 0 Å².